The Morgan fingerprint density at radius 3 is 2.28 bits per heavy atom. The molecule has 1 saturated heterocycles. The zero-order valence-corrected chi connectivity index (χ0v) is 16.2. The molecule has 2 unspecified atom stereocenters. The van der Waals surface area contributed by atoms with E-state index in [4.69, 9.17) is 21.1 Å². The van der Waals surface area contributed by atoms with Crippen molar-refractivity contribution in [1.29, 1.82) is 0 Å². The maximum absolute atomic E-state index is 12.2. The highest BCUT2D eigenvalue weighted by Crippen LogP contribution is 2.41. The molecule has 1 aromatic rings. The Hall–Kier alpha value is -1.75. The summed E-state index contributed by atoms with van der Waals surface area (Å²) < 4.78 is 10.1. The molecule has 0 bridgehead atoms. The molecule has 0 N–H and O–H groups in total. The van der Waals surface area contributed by atoms with E-state index in [0.717, 1.165) is 12.0 Å². The summed E-state index contributed by atoms with van der Waals surface area (Å²) in [6.45, 7) is 8.69. The Labute approximate surface area is 154 Å². The summed E-state index contributed by atoms with van der Waals surface area (Å²) in [7, 11) is 1.35. The molecule has 1 aliphatic rings. The minimum Gasteiger partial charge on any atom is -0.465 e. The molecule has 1 heterocycles. The number of likely N-dealkylation sites (tertiary alicyclic amines) is 1. The highest BCUT2D eigenvalue weighted by atomic mass is 35.5. The maximum atomic E-state index is 12.2. The van der Waals surface area contributed by atoms with E-state index < -0.39 is 10.5 Å². The van der Waals surface area contributed by atoms with E-state index in [1.807, 2.05) is 39.8 Å². The SMILES string of the molecule is COC(=O)c1ccc(C(C)(Cl)C2CCN(C(=O)OC(C)(C)C)C2)cc1. The number of hydrogen-bond acceptors (Lipinski definition) is 4. The van der Waals surface area contributed by atoms with Gasteiger partial charge >= 0.3 is 12.1 Å². The van der Waals surface area contributed by atoms with E-state index in [1.165, 1.54) is 7.11 Å². The summed E-state index contributed by atoms with van der Waals surface area (Å²) in [4.78, 5) is 24.9. The summed E-state index contributed by atoms with van der Waals surface area (Å²) in [5.41, 5.74) is 0.891. The smallest absolute Gasteiger partial charge is 0.410 e. The van der Waals surface area contributed by atoms with Crippen molar-refractivity contribution in [1.82, 2.24) is 4.90 Å². The van der Waals surface area contributed by atoms with Crippen molar-refractivity contribution in [3.8, 4) is 0 Å². The van der Waals surface area contributed by atoms with Crippen LogP contribution in [0.4, 0.5) is 4.79 Å². The molecule has 2 atom stereocenters. The standard InChI is InChI=1S/C19H26ClNO4/c1-18(2,3)25-17(23)21-11-10-15(12-21)19(4,20)14-8-6-13(7-9-14)16(22)24-5/h6-9,15H,10-12H2,1-5H3. The van der Waals surface area contributed by atoms with Crippen LogP contribution in [0.15, 0.2) is 24.3 Å². The summed E-state index contributed by atoms with van der Waals surface area (Å²) in [6.07, 6.45) is 0.501. The van der Waals surface area contributed by atoms with Crippen LogP contribution in [0.5, 0.6) is 0 Å². The number of esters is 1. The predicted octanol–water partition coefficient (Wildman–Crippen LogP) is 4.18. The molecule has 6 heteroatoms. The van der Waals surface area contributed by atoms with Gasteiger partial charge in [-0.1, -0.05) is 12.1 Å². The minimum atomic E-state index is -0.634. The average molecular weight is 368 g/mol. The van der Waals surface area contributed by atoms with Crippen molar-refractivity contribution in [2.75, 3.05) is 20.2 Å². The fourth-order valence-corrected chi connectivity index (χ4v) is 3.28. The van der Waals surface area contributed by atoms with Crippen molar-refractivity contribution in [2.24, 2.45) is 5.92 Å². The molecule has 1 aromatic carbocycles. The fourth-order valence-electron chi connectivity index (χ4n) is 2.98. The van der Waals surface area contributed by atoms with Crippen LogP contribution >= 0.6 is 11.6 Å². The van der Waals surface area contributed by atoms with E-state index in [-0.39, 0.29) is 18.0 Å². The summed E-state index contributed by atoms with van der Waals surface area (Å²) >= 11 is 6.84. The van der Waals surface area contributed by atoms with Crippen LogP contribution in [-0.2, 0) is 14.3 Å². The molecule has 1 amide bonds. The molecule has 1 fully saturated rings. The second-order valence-corrected chi connectivity index (χ2v) is 8.34. The van der Waals surface area contributed by atoms with Gasteiger partial charge in [0, 0.05) is 19.0 Å². The lowest BCUT2D eigenvalue weighted by Gasteiger charge is -2.30. The van der Waals surface area contributed by atoms with Crippen LogP contribution < -0.4 is 0 Å². The van der Waals surface area contributed by atoms with Gasteiger partial charge in [0.2, 0.25) is 0 Å². The quantitative estimate of drug-likeness (QED) is 0.594. The summed E-state index contributed by atoms with van der Waals surface area (Å²) in [5.74, 6) is -0.273. The van der Waals surface area contributed by atoms with Crippen molar-refractivity contribution < 1.29 is 19.1 Å². The lowest BCUT2D eigenvalue weighted by atomic mass is 9.85. The fraction of sp³-hybridized carbons (Fsp3) is 0.579. The second kappa shape index (κ2) is 7.24. The third kappa shape index (κ3) is 4.66. The lowest BCUT2D eigenvalue weighted by molar-refractivity contribution is 0.0285. The number of ether oxygens (including phenoxy) is 2. The van der Waals surface area contributed by atoms with Gasteiger partial charge < -0.3 is 14.4 Å². The second-order valence-electron chi connectivity index (χ2n) is 7.56. The topological polar surface area (TPSA) is 55.8 Å². The van der Waals surface area contributed by atoms with Crippen molar-refractivity contribution in [3.63, 3.8) is 0 Å². The summed E-state index contributed by atoms with van der Waals surface area (Å²) in [5, 5.41) is 0. The van der Waals surface area contributed by atoms with Gasteiger partial charge in [-0.25, -0.2) is 9.59 Å². The number of benzene rings is 1. The Bertz CT molecular complexity index is 634. The number of hydrogen-bond donors (Lipinski definition) is 0. The van der Waals surface area contributed by atoms with Gasteiger partial charge in [-0.3, -0.25) is 0 Å². The van der Waals surface area contributed by atoms with E-state index in [9.17, 15) is 9.59 Å². The van der Waals surface area contributed by atoms with Gasteiger partial charge in [-0.05, 0) is 51.8 Å². The number of nitrogens with zero attached hydrogens (tertiary/aromatic N) is 1. The molecule has 138 valence electrons. The first-order valence-corrected chi connectivity index (χ1v) is 8.78. The van der Waals surface area contributed by atoms with Crippen molar-refractivity contribution in [2.45, 2.75) is 44.6 Å². The van der Waals surface area contributed by atoms with E-state index in [1.54, 1.807) is 17.0 Å². The zero-order valence-electron chi connectivity index (χ0n) is 15.5. The number of halogens is 1. The monoisotopic (exact) mass is 367 g/mol. The number of carbonyl (C=O) groups excluding carboxylic acids is 2. The number of amides is 1. The molecule has 2 rings (SSSR count). The van der Waals surface area contributed by atoms with Crippen molar-refractivity contribution >= 4 is 23.7 Å². The maximum Gasteiger partial charge on any atom is 0.410 e. The van der Waals surface area contributed by atoms with Crippen LogP contribution in [0, 0.1) is 5.92 Å². The first-order valence-electron chi connectivity index (χ1n) is 8.40. The normalized spacial score (nSPS) is 20.1. The van der Waals surface area contributed by atoms with Gasteiger partial charge in [-0.15, -0.1) is 11.6 Å². The molecule has 0 aromatic heterocycles. The number of rotatable bonds is 3. The number of alkyl halides is 1. The van der Waals surface area contributed by atoms with Crippen LogP contribution in [0.25, 0.3) is 0 Å². The number of carbonyl (C=O) groups is 2. The van der Waals surface area contributed by atoms with Crippen LogP contribution in [0.3, 0.4) is 0 Å². The van der Waals surface area contributed by atoms with Crippen LogP contribution in [0.1, 0.15) is 50.0 Å². The third-order valence-electron chi connectivity index (χ3n) is 4.48. The summed E-state index contributed by atoms with van der Waals surface area (Å²) in [6, 6.07) is 7.11. The Morgan fingerprint density at radius 2 is 1.76 bits per heavy atom. The molecule has 0 radical (unpaired) electrons. The van der Waals surface area contributed by atoms with Crippen molar-refractivity contribution in [3.05, 3.63) is 35.4 Å². The lowest BCUT2D eigenvalue weighted by Crippen LogP contribution is -2.37. The average Bonchev–Trinajstić information content (AvgIpc) is 3.03. The van der Waals surface area contributed by atoms with E-state index >= 15 is 0 Å². The molecule has 0 spiro atoms. The predicted molar refractivity (Wildman–Crippen MR) is 96.9 cm³/mol. The molecular formula is C19H26ClNO4. The Balaban J connectivity index is 2.07. The van der Waals surface area contributed by atoms with Gasteiger partial charge in [0.05, 0.1) is 17.5 Å². The molecule has 25 heavy (non-hydrogen) atoms. The molecule has 5 nitrogen and oxygen atoms in total. The first-order chi connectivity index (χ1) is 11.5. The first kappa shape index (κ1) is 19.6. The van der Waals surface area contributed by atoms with E-state index in [2.05, 4.69) is 0 Å². The highest BCUT2D eigenvalue weighted by molar-refractivity contribution is 6.24. The van der Waals surface area contributed by atoms with Gasteiger partial charge in [0.25, 0.3) is 0 Å². The molecular weight excluding hydrogens is 342 g/mol. The molecule has 0 aliphatic carbocycles. The molecule has 0 saturated carbocycles. The zero-order chi connectivity index (χ0) is 18.8. The highest BCUT2D eigenvalue weighted by Gasteiger charge is 2.40. The Kier molecular flexibility index (Phi) is 5.67. The minimum absolute atomic E-state index is 0.102. The van der Waals surface area contributed by atoms with Crippen LogP contribution in [0.2, 0.25) is 0 Å². The third-order valence-corrected chi connectivity index (χ3v) is 5.00. The molecule has 1 aliphatic heterocycles. The van der Waals surface area contributed by atoms with E-state index in [0.29, 0.717) is 18.7 Å². The van der Waals surface area contributed by atoms with Gasteiger partial charge in [0.1, 0.15) is 5.60 Å². The van der Waals surface area contributed by atoms with Crippen LogP contribution in [-0.4, -0.2) is 42.8 Å². The van der Waals surface area contributed by atoms with Gasteiger partial charge in [0.15, 0.2) is 0 Å². The van der Waals surface area contributed by atoms with Gasteiger partial charge in [-0.2, -0.15) is 0 Å². The Morgan fingerprint density at radius 1 is 1.16 bits per heavy atom. The number of methoxy groups -OCH3 is 1. The largest absolute Gasteiger partial charge is 0.465 e.